The molecule has 0 saturated carbocycles. The van der Waals surface area contributed by atoms with Crippen LogP contribution in [0, 0.1) is 5.82 Å². The minimum absolute atomic E-state index is 0.159. The molecular weight excluding hydrogens is 513 g/mol. The Balaban J connectivity index is 1.66. The second-order valence-electron chi connectivity index (χ2n) is 9.20. The van der Waals surface area contributed by atoms with Gasteiger partial charge in [0, 0.05) is 35.3 Å². The van der Waals surface area contributed by atoms with Crippen LogP contribution >= 0.6 is 11.3 Å². The molecule has 3 heterocycles. The van der Waals surface area contributed by atoms with Crippen LogP contribution < -0.4 is 14.9 Å². The van der Waals surface area contributed by atoms with E-state index in [1.54, 1.807) is 19.1 Å². The maximum atomic E-state index is 14.0. The van der Waals surface area contributed by atoms with E-state index in [-0.39, 0.29) is 17.7 Å². The fourth-order valence-electron chi connectivity index (χ4n) is 5.03. The third kappa shape index (κ3) is 4.32. The van der Waals surface area contributed by atoms with Gasteiger partial charge in [-0.05, 0) is 36.8 Å². The van der Waals surface area contributed by atoms with Gasteiger partial charge in [0.25, 0.3) is 5.56 Å². The molecule has 0 N–H and O–H groups in total. The van der Waals surface area contributed by atoms with E-state index in [9.17, 15) is 14.0 Å². The standard InChI is InChI=1S/C31H24FN3O3S/c1-3-38-30(37)26-27(19-9-5-4-6-10-19)33-31-35(28(26)20-13-15-22(32)16-14-20)29(36)25(39-31)17-21-18-34(2)24-12-8-7-11-23(21)24/h4-18,28H,3H2,1-2H3/b25-17-. The number of halogens is 1. The van der Waals surface area contributed by atoms with Crippen molar-refractivity contribution in [1.82, 2.24) is 9.13 Å². The van der Waals surface area contributed by atoms with Gasteiger partial charge in [-0.1, -0.05) is 72.0 Å². The Morgan fingerprint density at radius 2 is 1.77 bits per heavy atom. The first-order valence-electron chi connectivity index (χ1n) is 12.5. The third-order valence-electron chi connectivity index (χ3n) is 6.77. The van der Waals surface area contributed by atoms with Gasteiger partial charge in [0.15, 0.2) is 4.80 Å². The number of aryl methyl sites for hydroxylation is 1. The number of esters is 1. The van der Waals surface area contributed by atoms with Crippen molar-refractivity contribution < 1.29 is 13.9 Å². The van der Waals surface area contributed by atoms with E-state index in [1.807, 2.05) is 78.5 Å². The molecule has 1 atom stereocenters. The number of fused-ring (bicyclic) bond motifs is 2. The second kappa shape index (κ2) is 9.96. The van der Waals surface area contributed by atoms with Crippen molar-refractivity contribution in [2.75, 3.05) is 6.61 Å². The average molecular weight is 538 g/mol. The zero-order chi connectivity index (χ0) is 27.1. The van der Waals surface area contributed by atoms with E-state index >= 15 is 0 Å². The van der Waals surface area contributed by atoms with Crippen LogP contribution in [0.5, 0.6) is 0 Å². The summed E-state index contributed by atoms with van der Waals surface area (Å²) in [5, 5.41) is 1.03. The first kappa shape index (κ1) is 24.8. The zero-order valence-corrected chi connectivity index (χ0v) is 22.1. The van der Waals surface area contributed by atoms with E-state index in [2.05, 4.69) is 0 Å². The Morgan fingerprint density at radius 1 is 1.05 bits per heavy atom. The number of nitrogens with zero attached hydrogens (tertiary/aromatic N) is 3. The molecule has 3 aromatic carbocycles. The molecule has 0 fully saturated rings. The Labute approximate surface area is 227 Å². The van der Waals surface area contributed by atoms with Crippen LogP contribution in [0.4, 0.5) is 4.39 Å². The maximum Gasteiger partial charge on any atom is 0.338 e. The minimum atomic E-state index is -0.842. The molecule has 0 saturated heterocycles. The van der Waals surface area contributed by atoms with Crippen molar-refractivity contribution in [1.29, 1.82) is 0 Å². The lowest BCUT2D eigenvalue weighted by molar-refractivity contribution is -0.138. The summed E-state index contributed by atoms with van der Waals surface area (Å²) in [6.45, 7) is 1.89. The smallest absolute Gasteiger partial charge is 0.338 e. The van der Waals surface area contributed by atoms with Crippen LogP contribution in [0.15, 0.2) is 100 Å². The van der Waals surface area contributed by atoms with E-state index in [0.717, 1.165) is 22.0 Å². The van der Waals surface area contributed by atoms with Gasteiger partial charge in [-0.3, -0.25) is 9.36 Å². The number of hydrogen-bond acceptors (Lipinski definition) is 5. The second-order valence-corrected chi connectivity index (χ2v) is 10.2. The lowest BCUT2D eigenvalue weighted by Gasteiger charge is -2.25. The summed E-state index contributed by atoms with van der Waals surface area (Å²) >= 11 is 1.26. The summed E-state index contributed by atoms with van der Waals surface area (Å²) in [7, 11) is 1.97. The van der Waals surface area contributed by atoms with Crippen LogP contribution in [0.25, 0.3) is 22.7 Å². The van der Waals surface area contributed by atoms with Gasteiger partial charge in [-0.15, -0.1) is 0 Å². The Morgan fingerprint density at radius 3 is 2.51 bits per heavy atom. The van der Waals surface area contributed by atoms with Gasteiger partial charge in [0.05, 0.1) is 28.5 Å². The summed E-state index contributed by atoms with van der Waals surface area (Å²) in [4.78, 5) is 32.8. The molecule has 0 amide bonds. The van der Waals surface area contributed by atoms with Crippen LogP contribution in [0.2, 0.25) is 0 Å². The molecule has 0 radical (unpaired) electrons. The van der Waals surface area contributed by atoms with E-state index in [0.29, 0.717) is 20.6 Å². The summed E-state index contributed by atoms with van der Waals surface area (Å²) in [5.74, 6) is -0.982. The first-order valence-corrected chi connectivity index (χ1v) is 13.4. The molecule has 194 valence electrons. The predicted molar refractivity (Wildman–Crippen MR) is 150 cm³/mol. The topological polar surface area (TPSA) is 65.6 Å². The number of carbonyl (C=O) groups is 1. The van der Waals surface area contributed by atoms with E-state index in [4.69, 9.17) is 9.73 Å². The quantitative estimate of drug-likeness (QED) is 0.309. The summed E-state index contributed by atoms with van der Waals surface area (Å²) < 4.78 is 23.4. The summed E-state index contributed by atoms with van der Waals surface area (Å²) in [6, 6.07) is 22.3. The number of thiazole rings is 1. The highest BCUT2D eigenvalue weighted by atomic mass is 32.1. The largest absolute Gasteiger partial charge is 0.463 e. The van der Waals surface area contributed by atoms with Crippen molar-refractivity contribution in [3.8, 4) is 0 Å². The molecule has 6 rings (SSSR count). The van der Waals surface area contributed by atoms with Crippen molar-refractivity contribution in [2.45, 2.75) is 13.0 Å². The highest BCUT2D eigenvalue weighted by Gasteiger charge is 2.35. The Kier molecular flexibility index (Phi) is 6.32. The molecule has 5 aromatic rings. The van der Waals surface area contributed by atoms with Crippen molar-refractivity contribution >= 4 is 40.0 Å². The number of hydrogen-bond donors (Lipinski definition) is 0. The number of ether oxygens (including phenoxy) is 1. The maximum absolute atomic E-state index is 14.0. The molecule has 1 aliphatic heterocycles. The van der Waals surface area contributed by atoms with Crippen molar-refractivity contribution in [3.05, 3.63) is 133 Å². The van der Waals surface area contributed by atoms with Gasteiger partial charge in [0.2, 0.25) is 0 Å². The van der Waals surface area contributed by atoms with E-state index in [1.165, 1.54) is 28.0 Å². The highest BCUT2D eigenvalue weighted by Crippen LogP contribution is 2.35. The SMILES string of the molecule is CCOC(=O)C1=C(c2ccccc2)N=c2s/c(=C\c3cn(C)c4ccccc34)c(=O)n2C1c1ccc(F)cc1. The zero-order valence-electron chi connectivity index (χ0n) is 21.3. The lowest BCUT2D eigenvalue weighted by atomic mass is 9.93. The lowest BCUT2D eigenvalue weighted by Crippen LogP contribution is -2.40. The molecule has 0 spiro atoms. The van der Waals surface area contributed by atoms with Crippen molar-refractivity contribution in [2.24, 2.45) is 12.0 Å². The minimum Gasteiger partial charge on any atom is -0.463 e. The van der Waals surface area contributed by atoms with Gasteiger partial charge in [-0.2, -0.15) is 0 Å². The molecule has 2 aromatic heterocycles. The summed E-state index contributed by atoms with van der Waals surface area (Å²) in [6.07, 6.45) is 3.85. The number of benzene rings is 3. The fraction of sp³-hybridized carbons (Fsp3) is 0.129. The number of carbonyl (C=O) groups excluding carboxylic acids is 1. The Bertz CT molecular complexity index is 1930. The highest BCUT2D eigenvalue weighted by molar-refractivity contribution is 7.07. The normalized spacial score (nSPS) is 15.4. The molecule has 8 heteroatoms. The first-order chi connectivity index (χ1) is 19.0. The van der Waals surface area contributed by atoms with E-state index < -0.39 is 17.8 Å². The molecule has 1 aliphatic rings. The van der Waals surface area contributed by atoms with Gasteiger partial charge >= 0.3 is 5.97 Å². The van der Waals surface area contributed by atoms with Crippen molar-refractivity contribution in [3.63, 3.8) is 0 Å². The number of aromatic nitrogens is 2. The molecule has 1 unspecified atom stereocenters. The van der Waals surface area contributed by atoms with Crippen LogP contribution in [0.1, 0.15) is 29.7 Å². The third-order valence-corrected chi connectivity index (χ3v) is 7.76. The fourth-order valence-corrected chi connectivity index (χ4v) is 6.02. The molecule has 0 aliphatic carbocycles. The van der Waals surface area contributed by atoms with Gasteiger partial charge in [0.1, 0.15) is 5.82 Å². The predicted octanol–water partition coefficient (Wildman–Crippen LogP) is 4.57. The average Bonchev–Trinajstić information content (AvgIpc) is 3.44. The Hall–Kier alpha value is -4.56. The molecule has 6 nitrogen and oxygen atoms in total. The van der Waals surface area contributed by atoms with Crippen LogP contribution in [-0.2, 0) is 16.6 Å². The van der Waals surface area contributed by atoms with Crippen LogP contribution in [-0.4, -0.2) is 21.7 Å². The monoisotopic (exact) mass is 537 g/mol. The molecule has 0 bridgehead atoms. The van der Waals surface area contributed by atoms with Crippen LogP contribution in [0.3, 0.4) is 0 Å². The number of para-hydroxylation sites is 1. The number of rotatable bonds is 5. The molecular formula is C31H24FN3O3S. The molecule has 39 heavy (non-hydrogen) atoms. The van der Waals surface area contributed by atoms with Gasteiger partial charge in [-0.25, -0.2) is 14.2 Å². The summed E-state index contributed by atoms with van der Waals surface area (Å²) in [5.41, 5.74) is 3.65. The van der Waals surface area contributed by atoms with Gasteiger partial charge < -0.3 is 9.30 Å².